The van der Waals surface area contributed by atoms with Crippen molar-refractivity contribution in [2.45, 2.75) is 13.1 Å². The monoisotopic (exact) mass is 425 g/mol. The lowest BCUT2D eigenvalue weighted by atomic mass is 10.1. The Kier molecular flexibility index (Phi) is 7.94. The maximum Gasteiger partial charge on any atom is 0.261 e. The molecule has 0 spiro atoms. The molecule has 0 fully saturated rings. The van der Waals surface area contributed by atoms with Crippen molar-refractivity contribution >= 4 is 23.2 Å². The number of aromatic nitrogens is 1. The predicted octanol–water partition coefficient (Wildman–Crippen LogP) is 3.03. The molecule has 0 aliphatic carbocycles. The number of nitrogens with one attached hydrogen (secondary N) is 2. The standard InChI is InChI=1S/C22H23N3O4S/c1-28-11-12-29-22-18(4-2-10-23-22)15-25-20(26)17-8-6-16(7-9-17)14-24-21(27)19-5-3-13-30-19/h2-10,13H,11-12,14-15H2,1H3,(H,24,27)(H,25,26). The largest absolute Gasteiger partial charge is 0.475 e. The molecule has 0 radical (unpaired) electrons. The highest BCUT2D eigenvalue weighted by atomic mass is 32.1. The zero-order valence-electron chi connectivity index (χ0n) is 16.6. The fourth-order valence-electron chi connectivity index (χ4n) is 2.64. The second-order valence-electron chi connectivity index (χ2n) is 6.35. The topological polar surface area (TPSA) is 89.6 Å². The Morgan fingerprint density at radius 2 is 1.77 bits per heavy atom. The van der Waals surface area contributed by atoms with Crippen LogP contribution in [0.15, 0.2) is 60.1 Å². The number of hydrogen-bond acceptors (Lipinski definition) is 6. The highest BCUT2D eigenvalue weighted by molar-refractivity contribution is 7.12. The number of carbonyl (C=O) groups excluding carboxylic acids is 2. The number of amides is 2. The smallest absolute Gasteiger partial charge is 0.261 e. The van der Waals surface area contributed by atoms with Crippen LogP contribution in [-0.4, -0.2) is 37.1 Å². The zero-order valence-corrected chi connectivity index (χ0v) is 17.4. The van der Waals surface area contributed by atoms with E-state index in [2.05, 4.69) is 15.6 Å². The fourth-order valence-corrected chi connectivity index (χ4v) is 3.28. The van der Waals surface area contributed by atoms with Gasteiger partial charge in [0.2, 0.25) is 5.88 Å². The van der Waals surface area contributed by atoms with Crippen LogP contribution in [-0.2, 0) is 17.8 Å². The van der Waals surface area contributed by atoms with Crippen LogP contribution < -0.4 is 15.4 Å². The Balaban J connectivity index is 1.51. The molecule has 0 bridgehead atoms. The van der Waals surface area contributed by atoms with Gasteiger partial charge in [-0.1, -0.05) is 24.3 Å². The van der Waals surface area contributed by atoms with E-state index in [-0.39, 0.29) is 11.8 Å². The lowest BCUT2D eigenvalue weighted by Crippen LogP contribution is -2.24. The molecule has 0 saturated heterocycles. The summed E-state index contributed by atoms with van der Waals surface area (Å²) in [6.07, 6.45) is 1.64. The van der Waals surface area contributed by atoms with E-state index in [4.69, 9.17) is 9.47 Å². The minimum atomic E-state index is -0.198. The fraction of sp³-hybridized carbons (Fsp3) is 0.227. The third-order valence-electron chi connectivity index (χ3n) is 4.23. The predicted molar refractivity (Wildman–Crippen MR) is 115 cm³/mol. The van der Waals surface area contributed by atoms with Crippen LogP contribution in [0.5, 0.6) is 5.88 Å². The van der Waals surface area contributed by atoms with Crippen molar-refractivity contribution in [2.24, 2.45) is 0 Å². The Morgan fingerprint density at radius 3 is 2.50 bits per heavy atom. The molecule has 0 aliphatic heterocycles. The number of nitrogens with zero attached hydrogens (tertiary/aromatic N) is 1. The van der Waals surface area contributed by atoms with E-state index in [0.717, 1.165) is 11.1 Å². The van der Waals surface area contributed by atoms with Gasteiger partial charge in [0, 0.05) is 37.5 Å². The van der Waals surface area contributed by atoms with Crippen molar-refractivity contribution in [2.75, 3.05) is 20.3 Å². The van der Waals surface area contributed by atoms with Crippen LogP contribution >= 0.6 is 11.3 Å². The quantitative estimate of drug-likeness (QED) is 0.488. The minimum Gasteiger partial charge on any atom is -0.475 e. The van der Waals surface area contributed by atoms with Gasteiger partial charge in [0.25, 0.3) is 11.8 Å². The Hall–Kier alpha value is -3.23. The van der Waals surface area contributed by atoms with Crippen LogP contribution in [0.3, 0.4) is 0 Å². The average Bonchev–Trinajstić information content (AvgIpc) is 3.32. The maximum absolute atomic E-state index is 12.5. The molecule has 1 aromatic carbocycles. The second kappa shape index (κ2) is 11.1. The molecule has 3 aromatic rings. The summed E-state index contributed by atoms with van der Waals surface area (Å²) in [5.41, 5.74) is 2.24. The molecule has 2 N–H and O–H groups in total. The number of carbonyl (C=O) groups is 2. The van der Waals surface area contributed by atoms with Crippen molar-refractivity contribution in [1.29, 1.82) is 0 Å². The second-order valence-corrected chi connectivity index (χ2v) is 7.30. The molecule has 0 atom stereocenters. The van der Waals surface area contributed by atoms with Gasteiger partial charge in [-0.3, -0.25) is 9.59 Å². The summed E-state index contributed by atoms with van der Waals surface area (Å²) in [4.78, 5) is 29.3. The number of ether oxygens (including phenoxy) is 2. The molecule has 8 heteroatoms. The van der Waals surface area contributed by atoms with Crippen molar-refractivity contribution in [3.05, 3.63) is 81.7 Å². The van der Waals surface area contributed by atoms with Gasteiger partial charge in [-0.2, -0.15) is 0 Å². The zero-order chi connectivity index (χ0) is 21.2. The number of pyridine rings is 1. The van der Waals surface area contributed by atoms with Gasteiger partial charge >= 0.3 is 0 Å². The van der Waals surface area contributed by atoms with Crippen LogP contribution in [0.4, 0.5) is 0 Å². The first kappa shape index (κ1) is 21.5. The summed E-state index contributed by atoms with van der Waals surface area (Å²) in [6.45, 7) is 1.55. The third-order valence-corrected chi connectivity index (χ3v) is 5.10. The van der Waals surface area contributed by atoms with Gasteiger partial charge < -0.3 is 20.1 Å². The van der Waals surface area contributed by atoms with E-state index in [1.807, 2.05) is 29.6 Å². The average molecular weight is 426 g/mol. The highest BCUT2D eigenvalue weighted by Crippen LogP contribution is 2.14. The summed E-state index contributed by atoms with van der Waals surface area (Å²) < 4.78 is 10.6. The van der Waals surface area contributed by atoms with Gasteiger partial charge in [0.1, 0.15) is 6.61 Å². The molecule has 3 rings (SSSR count). The summed E-state index contributed by atoms with van der Waals surface area (Å²) >= 11 is 1.40. The minimum absolute atomic E-state index is 0.105. The van der Waals surface area contributed by atoms with E-state index in [9.17, 15) is 9.59 Å². The van der Waals surface area contributed by atoms with E-state index < -0.39 is 0 Å². The number of benzene rings is 1. The van der Waals surface area contributed by atoms with Gasteiger partial charge in [-0.15, -0.1) is 11.3 Å². The number of thiophene rings is 1. The summed E-state index contributed by atoms with van der Waals surface area (Å²) in [5.74, 6) is 0.175. The lowest BCUT2D eigenvalue weighted by molar-refractivity contribution is 0.0943. The van der Waals surface area contributed by atoms with Gasteiger partial charge in [-0.05, 0) is 35.2 Å². The van der Waals surface area contributed by atoms with Crippen LogP contribution in [0.25, 0.3) is 0 Å². The van der Waals surface area contributed by atoms with E-state index in [1.165, 1.54) is 11.3 Å². The summed E-state index contributed by atoms with van der Waals surface area (Å²) in [7, 11) is 1.60. The molecule has 0 aliphatic rings. The molecule has 2 amide bonds. The van der Waals surface area contributed by atoms with Crippen molar-refractivity contribution in [1.82, 2.24) is 15.6 Å². The van der Waals surface area contributed by atoms with Crippen molar-refractivity contribution in [3.63, 3.8) is 0 Å². The molecule has 2 aromatic heterocycles. The van der Waals surface area contributed by atoms with Crippen LogP contribution in [0.2, 0.25) is 0 Å². The Morgan fingerprint density at radius 1 is 0.967 bits per heavy atom. The Labute approximate surface area is 179 Å². The lowest BCUT2D eigenvalue weighted by Gasteiger charge is -2.11. The number of rotatable bonds is 10. The van der Waals surface area contributed by atoms with Crippen LogP contribution in [0.1, 0.15) is 31.2 Å². The van der Waals surface area contributed by atoms with E-state index >= 15 is 0 Å². The maximum atomic E-state index is 12.5. The SMILES string of the molecule is COCCOc1ncccc1CNC(=O)c1ccc(CNC(=O)c2cccs2)cc1. The number of hydrogen-bond donors (Lipinski definition) is 2. The van der Waals surface area contributed by atoms with Gasteiger partial charge in [0.05, 0.1) is 11.5 Å². The summed E-state index contributed by atoms with van der Waals surface area (Å²) in [5, 5.41) is 7.60. The molecular weight excluding hydrogens is 402 g/mol. The van der Waals surface area contributed by atoms with Gasteiger partial charge in [-0.25, -0.2) is 4.98 Å². The van der Waals surface area contributed by atoms with Gasteiger partial charge in [0.15, 0.2) is 0 Å². The first-order valence-corrected chi connectivity index (χ1v) is 10.3. The normalized spacial score (nSPS) is 10.4. The van der Waals surface area contributed by atoms with Crippen molar-refractivity contribution < 1.29 is 19.1 Å². The molecule has 0 saturated carbocycles. The molecular formula is C22H23N3O4S. The van der Waals surface area contributed by atoms with E-state index in [1.54, 1.807) is 37.6 Å². The first-order valence-electron chi connectivity index (χ1n) is 9.42. The van der Waals surface area contributed by atoms with E-state index in [0.29, 0.717) is 42.6 Å². The number of methoxy groups -OCH3 is 1. The van der Waals surface area contributed by atoms with Crippen molar-refractivity contribution in [3.8, 4) is 5.88 Å². The van der Waals surface area contributed by atoms with Crippen LogP contribution in [0, 0.1) is 0 Å². The molecule has 7 nitrogen and oxygen atoms in total. The molecule has 156 valence electrons. The molecule has 30 heavy (non-hydrogen) atoms. The first-order chi connectivity index (χ1) is 14.7. The third kappa shape index (κ3) is 6.13. The molecule has 2 heterocycles. The summed E-state index contributed by atoms with van der Waals surface area (Å²) in [6, 6.07) is 14.4. The Bertz CT molecular complexity index is 959. The highest BCUT2D eigenvalue weighted by Gasteiger charge is 2.10. The molecule has 0 unspecified atom stereocenters.